The Labute approximate surface area is 82.7 Å². The van der Waals surface area contributed by atoms with Crippen LogP contribution in [0.3, 0.4) is 0 Å². The summed E-state index contributed by atoms with van der Waals surface area (Å²) in [7, 11) is 1.66. The highest BCUT2D eigenvalue weighted by Crippen LogP contribution is 2.14. The Hall–Kier alpha value is -1.36. The van der Waals surface area contributed by atoms with Gasteiger partial charge in [0.15, 0.2) is 0 Å². The molecular weight excluding hydrogens is 182 g/mol. The second kappa shape index (κ2) is 3.79. The number of aromatic nitrogens is 2. The number of aliphatic hydroxyl groups excluding tert-OH is 1. The number of H-pyrrole nitrogens is 1. The van der Waals surface area contributed by atoms with Crippen LogP contribution in [0.25, 0.3) is 0 Å². The Balaban J connectivity index is 2.81. The predicted molar refractivity (Wildman–Crippen MR) is 51.8 cm³/mol. The smallest absolute Gasteiger partial charge is 0.257 e. The average molecular weight is 197 g/mol. The number of rotatable bonds is 3. The predicted octanol–water partition coefficient (Wildman–Crippen LogP) is 0.253. The van der Waals surface area contributed by atoms with E-state index in [1.54, 1.807) is 20.9 Å². The Kier molecular flexibility index (Phi) is 2.90. The number of nitrogens with one attached hydrogen (secondary N) is 1. The lowest BCUT2D eigenvalue weighted by atomic mass is 10.0. The third-order valence-electron chi connectivity index (χ3n) is 2.34. The maximum atomic E-state index is 11.8. The SMILES string of the molecule is CN(C(=O)c1cn[nH]c1)C(C)(C)CO. The number of carbonyl (C=O) groups is 1. The molecule has 0 spiro atoms. The molecule has 1 rings (SSSR count). The first kappa shape index (κ1) is 10.7. The second-order valence-electron chi connectivity index (χ2n) is 3.82. The molecule has 0 aliphatic heterocycles. The van der Waals surface area contributed by atoms with E-state index in [0.29, 0.717) is 5.56 Å². The lowest BCUT2D eigenvalue weighted by Crippen LogP contribution is -2.47. The maximum Gasteiger partial charge on any atom is 0.257 e. The summed E-state index contributed by atoms with van der Waals surface area (Å²) < 4.78 is 0. The summed E-state index contributed by atoms with van der Waals surface area (Å²) in [5.41, 5.74) is -0.0667. The van der Waals surface area contributed by atoms with E-state index < -0.39 is 5.54 Å². The minimum atomic E-state index is -0.561. The van der Waals surface area contributed by atoms with Crippen LogP contribution in [0.5, 0.6) is 0 Å². The van der Waals surface area contributed by atoms with Crippen molar-refractivity contribution in [3.8, 4) is 0 Å². The first-order chi connectivity index (χ1) is 6.49. The molecule has 0 bridgehead atoms. The Bertz CT molecular complexity index is 306. The fourth-order valence-corrected chi connectivity index (χ4v) is 0.942. The van der Waals surface area contributed by atoms with Crippen molar-refractivity contribution in [1.29, 1.82) is 0 Å². The van der Waals surface area contributed by atoms with Gasteiger partial charge in [-0.1, -0.05) is 0 Å². The molecule has 2 N–H and O–H groups in total. The van der Waals surface area contributed by atoms with Crippen molar-refractivity contribution in [1.82, 2.24) is 15.1 Å². The summed E-state index contributed by atoms with van der Waals surface area (Å²) in [6.45, 7) is 3.52. The van der Waals surface area contributed by atoms with Crippen molar-refractivity contribution in [3.05, 3.63) is 18.0 Å². The normalized spacial score (nSPS) is 11.4. The van der Waals surface area contributed by atoms with E-state index in [-0.39, 0.29) is 12.5 Å². The van der Waals surface area contributed by atoms with E-state index in [4.69, 9.17) is 5.11 Å². The van der Waals surface area contributed by atoms with Gasteiger partial charge in [-0.15, -0.1) is 0 Å². The molecule has 0 saturated carbocycles. The summed E-state index contributed by atoms with van der Waals surface area (Å²) in [6, 6.07) is 0. The topological polar surface area (TPSA) is 69.2 Å². The summed E-state index contributed by atoms with van der Waals surface area (Å²) in [4.78, 5) is 13.3. The summed E-state index contributed by atoms with van der Waals surface area (Å²) >= 11 is 0. The number of aliphatic hydroxyl groups is 1. The van der Waals surface area contributed by atoms with Crippen molar-refractivity contribution in [3.63, 3.8) is 0 Å². The molecule has 0 unspecified atom stereocenters. The highest BCUT2D eigenvalue weighted by Gasteiger charge is 2.27. The van der Waals surface area contributed by atoms with Gasteiger partial charge in [0.25, 0.3) is 5.91 Å². The Morgan fingerprint density at radius 1 is 1.71 bits per heavy atom. The van der Waals surface area contributed by atoms with Gasteiger partial charge in [-0.3, -0.25) is 9.89 Å². The fraction of sp³-hybridized carbons (Fsp3) is 0.556. The van der Waals surface area contributed by atoms with Crippen molar-refractivity contribution in [2.45, 2.75) is 19.4 Å². The lowest BCUT2D eigenvalue weighted by Gasteiger charge is -2.33. The molecule has 0 aromatic carbocycles. The van der Waals surface area contributed by atoms with Gasteiger partial charge in [0.05, 0.1) is 23.9 Å². The van der Waals surface area contributed by atoms with E-state index in [9.17, 15) is 4.79 Å². The molecule has 0 saturated heterocycles. The van der Waals surface area contributed by atoms with E-state index in [2.05, 4.69) is 10.2 Å². The van der Waals surface area contributed by atoms with Crippen LogP contribution in [0.4, 0.5) is 0 Å². The number of likely N-dealkylation sites (N-methyl/N-ethyl adjacent to an activating group) is 1. The molecule has 1 amide bonds. The molecule has 0 atom stereocenters. The van der Waals surface area contributed by atoms with E-state index in [1.165, 1.54) is 17.3 Å². The van der Waals surface area contributed by atoms with Crippen LogP contribution in [0.1, 0.15) is 24.2 Å². The fourth-order valence-electron chi connectivity index (χ4n) is 0.942. The third-order valence-corrected chi connectivity index (χ3v) is 2.34. The second-order valence-corrected chi connectivity index (χ2v) is 3.82. The van der Waals surface area contributed by atoms with Gasteiger partial charge in [0, 0.05) is 13.2 Å². The number of hydrogen-bond donors (Lipinski definition) is 2. The van der Waals surface area contributed by atoms with Crippen molar-refractivity contribution in [2.75, 3.05) is 13.7 Å². The van der Waals surface area contributed by atoms with E-state index in [1.807, 2.05) is 0 Å². The van der Waals surface area contributed by atoms with Gasteiger partial charge < -0.3 is 10.0 Å². The van der Waals surface area contributed by atoms with Crippen LogP contribution in [0, 0.1) is 0 Å². The molecule has 0 aliphatic rings. The van der Waals surface area contributed by atoms with Gasteiger partial charge in [0.1, 0.15) is 0 Å². The van der Waals surface area contributed by atoms with Gasteiger partial charge in [0.2, 0.25) is 0 Å². The number of hydrogen-bond acceptors (Lipinski definition) is 3. The zero-order valence-electron chi connectivity index (χ0n) is 8.61. The quantitative estimate of drug-likeness (QED) is 0.730. The van der Waals surface area contributed by atoms with Crippen LogP contribution in [-0.2, 0) is 0 Å². The molecular formula is C9H15N3O2. The summed E-state index contributed by atoms with van der Waals surface area (Å²) in [5.74, 6) is -0.155. The molecule has 1 aromatic rings. The van der Waals surface area contributed by atoms with E-state index >= 15 is 0 Å². The number of aromatic amines is 1. The number of nitrogens with zero attached hydrogens (tertiary/aromatic N) is 2. The minimum absolute atomic E-state index is 0.0763. The zero-order chi connectivity index (χ0) is 10.8. The third kappa shape index (κ3) is 1.93. The Morgan fingerprint density at radius 2 is 2.36 bits per heavy atom. The van der Waals surface area contributed by atoms with Crippen molar-refractivity contribution in [2.24, 2.45) is 0 Å². The molecule has 5 heteroatoms. The van der Waals surface area contributed by atoms with Crippen LogP contribution in [0.15, 0.2) is 12.4 Å². The van der Waals surface area contributed by atoms with Crippen LogP contribution < -0.4 is 0 Å². The maximum absolute atomic E-state index is 11.8. The molecule has 78 valence electrons. The van der Waals surface area contributed by atoms with Crippen LogP contribution in [-0.4, -0.2) is 45.3 Å². The molecule has 5 nitrogen and oxygen atoms in total. The molecule has 1 aromatic heterocycles. The van der Waals surface area contributed by atoms with Gasteiger partial charge >= 0.3 is 0 Å². The monoisotopic (exact) mass is 197 g/mol. The highest BCUT2D eigenvalue weighted by molar-refractivity contribution is 5.93. The number of amides is 1. The molecule has 0 radical (unpaired) electrons. The molecule has 1 heterocycles. The Morgan fingerprint density at radius 3 is 2.79 bits per heavy atom. The van der Waals surface area contributed by atoms with E-state index in [0.717, 1.165) is 0 Å². The largest absolute Gasteiger partial charge is 0.394 e. The highest BCUT2D eigenvalue weighted by atomic mass is 16.3. The summed E-state index contributed by atoms with van der Waals surface area (Å²) in [5, 5.41) is 15.4. The van der Waals surface area contributed by atoms with Crippen molar-refractivity contribution >= 4 is 5.91 Å². The zero-order valence-corrected chi connectivity index (χ0v) is 8.61. The molecule has 14 heavy (non-hydrogen) atoms. The first-order valence-corrected chi connectivity index (χ1v) is 4.37. The van der Waals surface area contributed by atoms with Crippen LogP contribution in [0.2, 0.25) is 0 Å². The summed E-state index contributed by atoms with van der Waals surface area (Å²) in [6.07, 6.45) is 3.00. The minimum Gasteiger partial charge on any atom is -0.394 e. The first-order valence-electron chi connectivity index (χ1n) is 4.37. The van der Waals surface area contributed by atoms with Crippen LogP contribution >= 0.6 is 0 Å². The van der Waals surface area contributed by atoms with Gasteiger partial charge in [-0.2, -0.15) is 5.10 Å². The average Bonchev–Trinajstić information content (AvgIpc) is 2.68. The van der Waals surface area contributed by atoms with Gasteiger partial charge in [-0.25, -0.2) is 0 Å². The van der Waals surface area contributed by atoms with Gasteiger partial charge in [-0.05, 0) is 13.8 Å². The lowest BCUT2D eigenvalue weighted by molar-refractivity contribution is 0.0473. The molecule has 0 fully saturated rings. The molecule has 0 aliphatic carbocycles. The standard InChI is InChI=1S/C9H15N3O2/c1-9(2,6-13)12(3)8(14)7-4-10-11-5-7/h4-5,13H,6H2,1-3H3,(H,10,11). The number of carbonyl (C=O) groups excluding carboxylic acids is 1. The van der Waals surface area contributed by atoms with Crippen molar-refractivity contribution < 1.29 is 9.90 Å².